The van der Waals surface area contributed by atoms with Crippen molar-refractivity contribution in [1.82, 2.24) is 5.32 Å². The summed E-state index contributed by atoms with van der Waals surface area (Å²) in [6.07, 6.45) is 2.21. The van der Waals surface area contributed by atoms with Gasteiger partial charge in [-0.15, -0.1) is 0 Å². The highest BCUT2D eigenvalue weighted by Crippen LogP contribution is 2.24. The summed E-state index contributed by atoms with van der Waals surface area (Å²) in [5.41, 5.74) is 0.626. The lowest BCUT2D eigenvalue weighted by Crippen LogP contribution is -2.34. The molecule has 104 valence electrons. The van der Waals surface area contributed by atoms with Gasteiger partial charge in [0.1, 0.15) is 17.7 Å². The molecule has 1 aromatic rings. The second-order valence-corrected chi connectivity index (χ2v) is 4.71. The van der Waals surface area contributed by atoms with E-state index in [0.717, 1.165) is 25.9 Å². The van der Waals surface area contributed by atoms with Gasteiger partial charge in [-0.05, 0) is 56.1 Å². The van der Waals surface area contributed by atoms with Gasteiger partial charge in [0, 0.05) is 6.42 Å². The molecule has 0 radical (unpaired) electrons. The van der Waals surface area contributed by atoms with Crippen molar-refractivity contribution >= 4 is 5.97 Å². The number of ether oxygens (including phenoxy) is 1. The summed E-state index contributed by atoms with van der Waals surface area (Å²) in [6.45, 7) is 1.83. The Hall–Kier alpha value is -1.62. The molecule has 1 heterocycles. The Balaban J connectivity index is 2.06. The highest BCUT2D eigenvalue weighted by molar-refractivity contribution is 5.67. The molecule has 0 atom stereocenters. The lowest BCUT2D eigenvalue weighted by molar-refractivity contribution is -0.136. The Morgan fingerprint density at radius 3 is 2.84 bits per heavy atom. The molecular weight excluding hydrogens is 249 g/mol. The number of piperidine rings is 1. The molecule has 1 fully saturated rings. The molecule has 1 aliphatic rings. The van der Waals surface area contributed by atoms with Crippen LogP contribution in [0.4, 0.5) is 4.39 Å². The van der Waals surface area contributed by atoms with Gasteiger partial charge in [0.05, 0.1) is 0 Å². The van der Waals surface area contributed by atoms with Crippen molar-refractivity contribution in [3.05, 3.63) is 29.6 Å². The van der Waals surface area contributed by atoms with Crippen LogP contribution < -0.4 is 10.1 Å². The number of carboxylic acid groups (broad SMARTS) is 1. The van der Waals surface area contributed by atoms with Crippen LogP contribution in [0.3, 0.4) is 0 Å². The Bertz CT molecular complexity index is 444. The second kappa shape index (κ2) is 6.52. The third-order valence-corrected chi connectivity index (χ3v) is 3.21. The van der Waals surface area contributed by atoms with Crippen molar-refractivity contribution in [2.24, 2.45) is 0 Å². The molecule has 2 rings (SSSR count). The Labute approximate surface area is 111 Å². The number of aliphatic carboxylic acids is 1. The molecule has 19 heavy (non-hydrogen) atoms. The lowest BCUT2D eigenvalue weighted by atomic mass is 10.1. The van der Waals surface area contributed by atoms with Gasteiger partial charge >= 0.3 is 5.97 Å². The van der Waals surface area contributed by atoms with Gasteiger partial charge in [-0.3, -0.25) is 4.79 Å². The van der Waals surface area contributed by atoms with Crippen molar-refractivity contribution in [2.45, 2.75) is 31.8 Å². The summed E-state index contributed by atoms with van der Waals surface area (Å²) >= 11 is 0. The normalized spacial score (nSPS) is 16.3. The predicted molar refractivity (Wildman–Crippen MR) is 68.9 cm³/mol. The van der Waals surface area contributed by atoms with Gasteiger partial charge < -0.3 is 15.2 Å². The van der Waals surface area contributed by atoms with E-state index in [4.69, 9.17) is 9.84 Å². The maximum absolute atomic E-state index is 13.2. The Morgan fingerprint density at radius 1 is 1.42 bits per heavy atom. The first kappa shape index (κ1) is 13.8. The number of carboxylic acids is 1. The van der Waals surface area contributed by atoms with Crippen LogP contribution >= 0.6 is 0 Å². The molecule has 1 saturated heterocycles. The highest BCUT2D eigenvalue weighted by atomic mass is 19.1. The molecule has 0 aromatic heterocycles. The number of halogens is 1. The van der Waals surface area contributed by atoms with E-state index >= 15 is 0 Å². The van der Waals surface area contributed by atoms with Crippen molar-refractivity contribution in [3.8, 4) is 5.75 Å². The van der Waals surface area contributed by atoms with E-state index in [1.165, 1.54) is 12.1 Å². The smallest absolute Gasteiger partial charge is 0.303 e. The van der Waals surface area contributed by atoms with Crippen LogP contribution in [0.25, 0.3) is 0 Å². The summed E-state index contributed by atoms with van der Waals surface area (Å²) in [5, 5.41) is 12.0. The summed E-state index contributed by atoms with van der Waals surface area (Å²) in [7, 11) is 0. The van der Waals surface area contributed by atoms with Crippen LogP contribution in [0.15, 0.2) is 18.2 Å². The van der Waals surface area contributed by atoms with Gasteiger partial charge in [0.2, 0.25) is 0 Å². The van der Waals surface area contributed by atoms with E-state index in [9.17, 15) is 9.18 Å². The fourth-order valence-electron chi connectivity index (χ4n) is 2.19. The van der Waals surface area contributed by atoms with Crippen LogP contribution in [0.2, 0.25) is 0 Å². The fraction of sp³-hybridized carbons (Fsp3) is 0.500. The van der Waals surface area contributed by atoms with Crippen LogP contribution in [0, 0.1) is 5.82 Å². The maximum Gasteiger partial charge on any atom is 0.303 e. The SMILES string of the molecule is O=C(O)CCc1cc(F)ccc1OC1CCNCC1. The zero-order valence-corrected chi connectivity index (χ0v) is 10.7. The fourth-order valence-corrected chi connectivity index (χ4v) is 2.19. The minimum absolute atomic E-state index is 0.0218. The molecule has 0 saturated carbocycles. The molecule has 5 heteroatoms. The van der Waals surface area contributed by atoms with Crippen molar-refractivity contribution in [3.63, 3.8) is 0 Å². The first-order valence-electron chi connectivity index (χ1n) is 6.53. The summed E-state index contributed by atoms with van der Waals surface area (Å²) in [4.78, 5) is 10.6. The monoisotopic (exact) mass is 267 g/mol. The number of aryl methyl sites for hydroxylation is 1. The number of carbonyl (C=O) groups is 1. The van der Waals surface area contributed by atoms with Crippen LogP contribution in [-0.2, 0) is 11.2 Å². The summed E-state index contributed by atoms with van der Waals surface area (Å²) in [6, 6.07) is 4.30. The molecular formula is C14H18FNO3. The van der Waals surface area contributed by atoms with E-state index in [2.05, 4.69) is 5.32 Å². The third kappa shape index (κ3) is 4.21. The van der Waals surface area contributed by atoms with Gasteiger partial charge in [0.25, 0.3) is 0 Å². The van der Waals surface area contributed by atoms with Crippen molar-refractivity contribution in [1.29, 1.82) is 0 Å². The molecule has 4 nitrogen and oxygen atoms in total. The number of hydrogen-bond donors (Lipinski definition) is 2. The Morgan fingerprint density at radius 2 is 2.16 bits per heavy atom. The quantitative estimate of drug-likeness (QED) is 0.856. The van der Waals surface area contributed by atoms with E-state index < -0.39 is 5.97 Å². The average Bonchev–Trinajstić information content (AvgIpc) is 2.40. The largest absolute Gasteiger partial charge is 0.490 e. The van der Waals surface area contributed by atoms with Crippen LogP contribution in [-0.4, -0.2) is 30.3 Å². The van der Waals surface area contributed by atoms with E-state index in [1.807, 2.05) is 0 Å². The van der Waals surface area contributed by atoms with E-state index in [1.54, 1.807) is 6.07 Å². The van der Waals surface area contributed by atoms with Crippen LogP contribution in [0.5, 0.6) is 5.75 Å². The van der Waals surface area contributed by atoms with Gasteiger partial charge in [-0.25, -0.2) is 4.39 Å². The van der Waals surface area contributed by atoms with E-state index in [-0.39, 0.29) is 24.8 Å². The van der Waals surface area contributed by atoms with Crippen molar-refractivity contribution in [2.75, 3.05) is 13.1 Å². The summed E-state index contributed by atoms with van der Waals surface area (Å²) in [5.74, 6) is -0.648. The molecule has 2 N–H and O–H groups in total. The minimum Gasteiger partial charge on any atom is -0.490 e. The molecule has 0 aliphatic carbocycles. The number of hydrogen-bond acceptors (Lipinski definition) is 3. The maximum atomic E-state index is 13.2. The Kier molecular flexibility index (Phi) is 4.74. The zero-order valence-electron chi connectivity index (χ0n) is 10.7. The number of rotatable bonds is 5. The van der Waals surface area contributed by atoms with Crippen molar-refractivity contribution < 1.29 is 19.0 Å². The first-order chi connectivity index (χ1) is 9.15. The molecule has 0 amide bonds. The highest BCUT2D eigenvalue weighted by Gasteiger charge is 2.16. The van der Waals surface area contributed by atoms with Gasteiger partial charge in [-0.2, -0.15) is 0 Å². The molecule has 1 aliphatic heterocycles. The average molecular weight is 267 g/mol. The number of benzene rings is 1. The topological polar surface area (TPSA) is 58.6 Å². The third-order valence-electron chi connectivity index (χ3n) is 3.21. The van der Waals surface area contributed by atoms with E-state index in [0.29, 0.717) is 11.3 Å². The minimum atomic E-state index is -0.892. The first-order valence-corrected chi connectivity index (χ1v) is 6.53. The standard InChI is InChI=1S/C14H18FNO3/c15-11-2-3-13(10(9-11)1-4-14(17)18)19-12-5-7-16-8-6-12/h2-3,9,12,16H,1,4-8H2,(H,17,18). The molecule has 0 unspecified atom stereocenters. The molecule has 1 aromatic carbocycles. The molecule has 0 spiro atoms. The zero-order chi connectivity index (χ0) is 13.7. The van der Waals surface area contributed by atoms with Gasteiger partial charge in [0.15, 0.2) is 0 Å². The summed E-state index contributed by atoms with van der Waals surface area (Å²) < 4.78 is 19.1. The molecule has 0 bridgehead atoms. The second-order valence-electron chi connectivity index (χ2n) is 4.71. The lowest BCUT2D eigenvalue weighted by Gasteiger charge is -2.25. The number of nitrogens with one attached hydrogen (secondary N) is 1. The predicted octanol–water partition coefficient (Wildman–Crippen LogP) is 1.97. The van der Waals surface area contributed by atoms with Gasteiger partial charge in [-0.1, -0.05) is 0 Å². The van der Waals surface area contributed by atoms with Crippen LogP contribution in [0.1, 0.15) is 24.8 Å².